The Hall–Kier alpha value is -2.48. The molecule has 0 unspecified atom stereocenters. The SMILES string of the molecule is C=C/C(Nc1ccccc1)=c1/oc(/C=C\C)c(C)c1=C. The van der Waals surface area contributed by atoms with E-state index in [0.717, 1.165) is 33.3 Å². The van der Waals surface area contributed by atoms with Crippen LogP contribution in [0.5, 0.6) is 0 Å². The van der Waals surface area contributed by atoms with Gasteiger partial charge in [-0.15, -0.1) is 0 Å². The second kappa shape index (κ2) is 6.11. The van der Waals surface area contributed by atoms with Gasteiger partial charge >= 0.3 is 0 Å². The first-order chi connectivity index (χ1) is 9.67. The van der Waals surface area contributed by atoms with Crippen LogP contribution >= 0.6 is 0 Å². The predicted octanol–water partition coefficient (Wildman–Crippen LogP) is 3.44. The maximum Gasteiger partial charge on any atom is 0.157 e. The van der Waals surface area contributed by atoms with Crippen LogP contribution in [-0.2, 0) is 0 Å². The summed E-state index contributed by atoms with van der Waals surface area (Å²) < 4.78 is 5.89. The maximum absolute atomic E-state index is 5.89. The fraction of sp³-hybridized carbons (Fsp3) is 0.111. The highest BCUT2D eigenvalue weighted by Gasteiger charge is 2.06. The first-order valence-corrected chi connectivity index (χ1v) is 6.57. The lowest BCUT2D eigenvalue weighted by Gasteiger charge is -2.05. The lowest BCUT2D eigenvalue weighted by molar-refractivity contribution is 0.518. The molecule has 1 heterocycles. The molecule has 2 heteroatoms. The summed E-state index contributed by atoms with van der Waals surface area (Å²) in [5.41, 5.74) is 3.59. The highest BCUT2D eigenvalue weighted by Crippen LogP contribution is 2.10. The zero-order valence-corrected chi connectivity index (χ0v) is 11.9. The van der Waals surface area contributed by atoms with E-state index in [9.17, 15) is 0 Å². The van der Waals surface area contributed by atoms with Crippen LogP contribution in [-0.4, -0.2) is 0 Å². The third-order valence-corrected chi connectivity index (χ3v) is 3.13. The van der Waals surface area contributed by atoms with Crippen LogP contribution in [0.15, 0.2) is 53.5 Å². The summed E-state index contributed by atoms with van der Waals surface area (Å²) in [4.78, 5) is 0. The minimum absolute atomic E-state index is 0.731. The predicted molar refractivity (Wildman–Crippen MR) is 86.6 cm³/mol. The summed E-state index contributed by atoms with van der Waals surface area (Å²) in [5, 5.41) is 4.19. The van der Waals surface area contributed by atoms with E-state index in [1.807, 2.05) is 56.3 Å². The summed E-state index contributed by atoms with van der Waals surface area (Å²) >= 11 is 0. The Labute approximate surface area is 119 Å². The molecule has 2 nitrogen and oxygen atoms in total. The second-order valence-corrected chi connectivity index (χ2v) is 4.51. The zero-order valence-electron chi connectivity index (χ0n) is 11.9. The number of hydrogen-bond acceptors (Lipinski definition) is 2. The van der Waals surface area contributed by atoms with Crippen LogP contribution in [0.1, 0.15) is 18.2 Å². The Balaban J connectivity index is 2.56. The molecule has 0 fully saturated rings. The van der Waals surface area contributed by atoms with Crippen molar-refractivity contribution in [3.63, 3.8) is 0 Å². The Kier molecular flexibility index (Phi) is 4.26. The van der Waals surface area contributed by atoms with Gasteiger partial charge in [-0.2, -0.15) is 0 Å². The number of hydrogen-bond donors (Lipinski definition) is 1. The Bertz CT molecular complexity index is 736. The molecule has 102 valence electrons. The van der Waals surface area contributed by atoms with Gasteiger partial charge in [0.15, 0.2) is 5.42 Å². The normalized spacial score (nSPS) is 12.5. The van der Waals surface area contributed by atoms with Crippen molar-refractivity contribution in [3.8, 4) is 0 Å². The summed E-state index contributed by atoms with van der Waals surface area (Å²) in [6.45, 7) is 11.9. The topological polar surface area (TPSA) is 25.2 Å². The molecule has 1 N–H and O–H groups in total. The number of allylic oxidation sites excluding steroid dienone is 1. The molecule has 0 aliphatic heterocycles. The molecule has 0 saturated heterocycles. The van der Waals surface area contributed by atoms with Gasteiger partial charge in [0.25, 0.3) is 0 Å². The van der Waals surface area contributed by atoms with Crippen LogP contribution in [0.2, 0.25) is 0 Å². The molecule has 1 aromatic heterocycles. The number of para-hydroxylation sites is 1. The molecular weight excluding hydrogens is 246 g/mol. The monoisotopic (exact) mass is 265 g/mol. The van der Waals surface area contributed by atoms with Crippen molar-refractivity contribution in [3.05, 3.63) is 71.0 Å². The zero-order chi connectivity index (χ0) is 14.5. The smallest absolute Gasteiger partial charge is 0.157 e. The average molecular weight is 265 g/mol. The lowest BCUT2D eigenvalue weighted by atomic mass is 10.2. The minimum atomic E-state index is 0.731. The number of furan rings is 1. The van der Waals surface area contributed by atoms with Gasteiger partial charge in [0, 0.05) is 16.5 Å². The Morgan fingerprint density at radius 3 is 2.55 bits per heavy atom. The van der Waals surface area contributed by atoms with Crippen LogP contribution in [0, 0.1) is 6.92 Å². The Morgan fingerprint density at radius 1 is 1.25 bits per heavy atom. The van der Waals surface area contributed by atoms with Gasteiger partial charge < -0.3 is 9.73 Å². The van der Waals surface area contributed by atoms with Crippen LogP contribution in [0.4, 0.5) is 5.69 Å². The quantitative estimate of drug-likeness (QED) is 0.916. The molecule has 20 heavy (non-hydrogen) atoms. The van der Waals surface area contributed by atoms with Crippen molar-refractivity contribution >= 4 is 24.0 Å². The van der Waals surface area contributed by atoms with Crippen molar-refractivity contribution in [2.24, 2.45) is 0 Å². The maximum atomic E-state index is 5.89. The third-order valence-electron chi connectivity index (χ3n) is 3.13. The molecular formula is C18H19NO. The van der Waals surface area contributed by atoms with Gasteiger partial charge in [0.2, 0.25) is 0 Å². The number of benzene rings is 1. The van der Waals surface area contributed by atoms with E-state index >= 15 is 0 Å². The van der Waals surface area contributed by atoms with E-state index in [1.165, 1.54) is 0 Å². The first kappa shape index (κ1) is 13.9. The molecule has 2 rings (SSSR count). The molecule has 0 amide bonds. The summed E-state index contributed by atoms with van der Waals surface area (Å²) in [6.07, 6.45) is 5.64. The first-order valence-electron chi connectivity index (χ1n) is 6.57. The average Bonchev–Trinajstić information content (AvgIpc) is 2.75. The van der Waals surface area contributed by atoms with E-state index in [4.69, 9.17) is 4.42 Å². The van der Waals surface area contributed by atoms with Crippen LogP contribution in [0.25, 0.3) is 18.4 Å². The van der Waals surface area contributed by atoms with Crippen LogP contribution < -0.4 is 16.0 Å². The fourth-order valence-corrected chi connectivity index (χ4v) is 1.97. The molecule has 1 aromatic carbocycles. The van der Waals surface area contributed by atoms with E-state index in [0.29, 0.717) is 0 Å². The summed E-state index contributed by atoms with van der Waals surface area (Å²) in [5.74, 6) is 0.835. The molecule has 0 bridgehead atoms. The molecule has 0 aliphatic rings. The minimum Gasteiger partial charge on any atom is -0.454 e. The van der Waals surface area contributed by atoms with Crippen molar-refractivity contribution in [1.82, 2.24) is 0 Å². The van der Waals surface area contributed by atoms with Gasteiger partial charge in [-0.25, -0.2) is 0 Å². The second-order valence-electron chi connectivity index (χ2n) is 4.51. The van der Waals surface area contributed by atoms with Gasteiger partial charge in [0.05, 0.1) is 5.70 Å². The largest absolute Gasteiger partial charge is 0.454 e. The number of anilines is 1. The number of nitrogens with one attached hydrogen (secondary N) is 1. The molecule has 0 saturated carbocycles. The molecule has 0 spiro atoms. The molecule has 0 atom stereocenters. The highest BCUT2D eigenvalue weighted by atomic mass is 16.3. The standard InChI is InChI=1S/C18H19NO/c1-5-10-17-13(3)14(4)18(20-17)16(6-2)19-15-11-8-7-9-12-15/h5-12,19H,2,4H2,1,3H3/b10-5-,18-16-. The van der Waals surface area contributed by atoms with E-state index in [2.05, 4.69) is 18.5 Å². The number of rotatable bonds is 4. The van der Waals surface area contributed by atoms with E-state index in [1.54, 1.807) is 6.08 Å². The Morgan fingerprint density at radius 2 is 1.95 bits per heavy atom. The molecule has 2 aromatic rings. The lowest BCUT2D eigenvalue weighted by Crippen LogP contribution is -2.25. The molecule has 0 radical (unpaired) electrons. The fourth-order valence-electron chi connectivity index (χ4n) is 1.97. The van der Waals surface area contributed by atoms with Gasteiger partial charge in [-0.3, -0.25) is 0 Å². The van der Waals surface area contributed by atoms with Gasteiger partial charge in [0.1, 0.15) is 5.76 Å². The third kappa shape index (κ3) is 2.75. The van der Waals surface area contributed by atoms with E-state index < -0.39 is 0 Å². The summed E-state index contributed by atoms with van der Waals surface area (Å²) in [7, 11) is 0. The molecule has 0 aliphatic carbocycles. The van der Waals surface area contributed by atoms with Gasteiger partial charge in [-0.1, -0.05) is 37.4 Å². The van der Waals surface area contributed by atoms with Crippen molar-refractivity contribution in [2.45, 2.75) is 13.8 Å². The van der Waals surface area contributed by atoms with Crippen LogP contribution in [0.3, 0.4) is 0 Å². The highest BCUT2D eigenvalue weighted by molar-refractivity contribution is 5.70. The van der Waals surface area contributed by atoms with Crippen molar-refractivity contribution < 1.29 is 4.42 Å². The van der Waals surface area contributed by atoms with E-state index in [-0.39, 0.29) is 0 Å². The van der Waals surface area contributed by atoms with Gasteiger partial charge in [-0.05, 0) is 38.1 Å². The summed E-state index contributed by atoms with van der Waals surface area (Å²) in [6, 6.07) is 9.93. The van der Waals surface area contributed by atoms with Crippen molar-refractivity contribution in [2.75, 3.05) is 5.32 Å². The van der Waals surface area contributed by atoms with Crippen molar-refractivity contribution in [1.29, 1.82) is 0 Å².